The molecule has 0 radical (unpaired) electrons. The standard InChI is InChI=1S/C25H20FN5/c26-17-5-6-22-19(13-17)20-15-31(12-2-4-21(20)29-22)25-18-3-1-9-28-24(18)14-23(30-25)16-7-10-27-11-8-16/h1,3,5-11,13-14,29H,2,4,12,15H2. The van der Waals surface area contributed by atoms with Crippen molar-refractivity contribution in [2.24, 2.45) is 0 Å². The van der Waals surface area contributed by atoms with E-state index in [1.165, 1.54) is 11.8 Å². The van der Waals surface area contributed by atoms with Gasteiger partial charge in [-0.2, -0.15) is 0 Å². The molecule has 1 N–H and O–H groups in total. The number of fused-ring (bicyclic) bond motifs is 4. The van der Waals surface area contributed by atoms with Crippen molar-refractivity contribution >= 4 is 27.6 Å². The van der Waals surface area contributed by atoms with Crippen molar-refractivity contribution in [1.29, 1.82) is 0 Å². The molecular formula is C25H20FN5. The van der Waals surface area contributed by atoms with Gasteiger partial charge in [-0.3, -0.25) is 9.97 Å². The van der Waals surface area contributed by atoms with Crippen molar-refractivity contribution in [3.05, 3.63) is 84.2 Å². The Morgan fingerprint density at radius 3 is 2.77 bits per heavy atom. The second-order valence-corrected chi connectivity index (χ2v) is 7.93. The minimum absolute atomic E-state index is 0.211. The number of aromatic nitrogens is 4. The first-order chi connectivity index (χ1) is 15.3. The lowest BCUT2D eigenvalue weighted by Gasteiger charge is -2.24. The van der Waals surface area contributed by atoms with Crippen molar-refractivity contribution in [2.75, 3.05) is 11.4 Å². The van der Waals surface area contributed by atoms with Gasteiger partial charge in [0.25, 0.3) is 0 Å². The third kappa shape index (κ3) is 3.11. The monoisotopic (exact) mass is 409 g/mol. The Hall–Kier alpha value is -3.80. The number of halogens is 1. The number of hydrogen-bond acceptors (Lipinski definition) is 4. The number of aryl methyl sites for hydroxylation is 1. The lowest BCUT2D eigenvalue weighted by molar-refractivity contribution is 0.629. The Bertz CT molecular complexity index is 1410. The number of nitrogens with one attached hydrogen (secondary N) is 1. The largest absolute Gasteiger partial charge is 0.358 e. The zero-order valence-corrected chi connectivity index (χ0v) is 16.8. The summed E-state index contributed by atoms with van der Waals surface area (Å²) < 4.78 is 14.0. The van der Waals surface area contributed by atoms with Crippen LogP contribution in [0.15, 0.2) is 67.1 Å². The van der Waals surface area contributed by atoms with Crippen LogP contribution in [0.4, 0.5) is 10.2 Å². The molecule has 0 bridgehead atoms. The van der Waals surface area contributed by atoms with Gasteiger partial charge in [0.2, 0.25) is 0 Å². The molecule has 1 aliphatic rings. The van der Waals surface area contributed by atoms with E-state index in [2.05, 4.69) is 25.9 Å². The minimum atomic E-state index is -0.211. The average Bonchev–Trinajstić information content (AvgIpc) is 3.00. The Labute approximate surface area is 178 Å². The average molecular weight is 409 g/mol. The van der Waals surface area contributed by atoms with Gasteiger partial charge in [-0.1, -0.05) is 0 Å². The highest BCUT2D eigenvalue weighted by atomic mass is 19.1. The number of benzene rings is 1. The van der Waals surface area contributed by atoms with Gasteiger partial charge in [0, 0.05) is 64.8 Å². The molecular weight excluding hydrogens is 389 g/mol. The summed E-state index contributed by atoms with van der Waals surface area (Å²) in [5.41, 5.74) is 6.12. The van der Waals surface area contributed by atoms with Gasteiger partial charge in [0.15, 0.2) is 0 Å². The number of aromatic amines is 1. The molecule has 0 saturated heterocycles. The SMILES string of the molecule is Fc1ccc2[nH]c3c(c2c1)CN(c1nc(-c2ccncc2)cc2ncccc12)CCC3. The van der Waals surface area contributed by atoms with E-state index in [-0.39, 0.29) is 5.82 Å². The zero-order chi connectivity index (χ0) is 20.8. The molecule has 5 aromatic rings. The molecule has 4 aromatic heterocycles. The molecule has 0 amide bonds. The van der Waals surface area contributed by atoms with Crippen molar-refractivity contribution in [1.82, 2.24) is 19.9 Å². The van der Waals surface area contributed by atoms with Gasteiger partial charge < -0.3 is 9.88 Å². The van der Waals surface area contributed by atoms with E-state index in [0.717, 1.165) is 63.8 Å². The highest BCUT2D eigenvalue weighted by Gasteiger charge is 2.22. The number of pyridine rings is 3. The first-order valence-corrected chi connectivity index (χ1v) is 10.5. The summed E-state index contributed by atoms with van der Waals surface area (Å²) >= 11 is 0. The Balaban J connectivity index is 1.52. The second-order valence-electron chi connectivity index (χ2n) is 7.93. The van der Waals surface area contributed by atoms with E-state index in [0.29, 0.717) is 6.54 Å². The fraction of sp³-hybridized carbons (Fsp3) is 0.160. The van der Waals surface area contributed by atoms with Gasteiger partial charge in [-0.25, -0.2) is 9.37 Å². The smallest absolute Gasteiger partial charge is 0.139 e. The van der Waals surface area contributed by atoms with E-state index in [4.69, 9.17) is 4.98 Å². The van der Waals surface area contributed by atoms with Crippen LogP contribution in [-0.4, -0.2) is 26.5 Å². The number of H-pyrrole nitrogens is 1. The Kier molecular flexibility index (Phi) is 4.16. The van der Waals surface area contributed by atoms with E-state index < -0.39 is 0 Å². The molecule has 152 valence electrons. The maximum absolute atomic E-state index is 14.0. The van der Waals surface area contributed by atoms with Crippen LogP contribution in [0.1, 0.15) is 17.7 Å². The quantitative estimate of drug-likeness (QED) is 0.432. The van der Waals surface area contributed by atoms with E-state index in [1.807, 2.05) is 36.5 Å². The van der Waals surface area contributed by atoms with Crippen molar-refractivity contribution in [2.45, 2.75) is 19.4 Å². The number of nitrogens with zero attached hydrogens (tertiary/aromatic N) is 4. The summed E-state index contributed by atoms with van der Waals surface area (Å²) in [5.74, 6) is 0.702. The highest BCUT2D eigenvalue weighted by molar-refractivity contribution is 5.93. The molecule has 5 nitrogen and oxygen atoms in total. The lowest BCUT2D eigenvalue weighted by Crippen LogP contribution is -2.24. The van der Waals surface area contributed by atoms with Crippen LogP contribution in [0.5, 0.6) is 0 Å². The number of rotatable bonds is 2. The number of hydrogen-bond donors (Lipinski definition) is 1. The Morgan fingerprint density at radius 1 is 0.968 bits per heavy atom. The fourth-order valence-corrected chi connectivity index (χ4v) is 4.54. The molecule has 5 heterocycles. The first-order valence-electron chi connectivity index (χ1n) is 10.5. The van der Waals surface area contributed by atoms with Crippen LogP contribution >= 0.6 is 0 Å². The first kappa shape index (κ1) is 18.0. The third-order valence-electron chi connectivity index (χ3n) is 6.02. The molecule has 1 aromatic carbocycles. The molecule has 0 aliphatic carbocycles. The summed E-state index contributed by atoms with van der Waals surface area (Å²) in [6.07, 6.45) is 7.29. The van der Waals surface area contributed by atoms with E-state index in [9.17, 15) is 4.39 Å². The van der Waals surface area contributed by atoms with Gasteiger partial charge in [0.05, 0.1) is 11.2 Å². The van der Waals surface area contributed by atoms with Crippen molar-refractivity contribution < 1.29 is 4.39 Å². The molecule has 0 saturated carbocycles. The Morgan fingerprint density at radius 2 is 1.87 bits per heavy atom. The zero-order valence-electron chi connectivity index (χ0n) is 16.8. The van der Waals surface area contributed by atoms with Crippen LogP contribution in [0.3, 0.4) is 0 Å². The predicted molar refractivity (Wildman–Crippen MR) is 120 cm³/mol. The molecule has 0 spiro atoms. The molecule has 6 rings (SSSR count). The van der Waals surface area contributed by atoms with Gasteiger partial charge in [-0.15, -0.1) is 0 Å². The second kappa shape index (κ2) is 7.16. The van der Waals surface area contributed by atoms with Gasteiger partial charge in [0.1, 0.15) is 11.6 Å². The lowest BCUT2D eigenvalue weighted by atomic mass is 10.1. The molecule has 0 unspecified atom stereocenters. The highest BCUT2D eigenvalue weighted by Crippen LogP contribution is 2.34. The summed E-state index contributed by atoms with van der Waals surface area (Å²) in [5, 5.41) is 1.98. The molecule has 1 aliphatic heterocycles. The summed E-state index contributed by atoms with van der Waals surface area (Å²) in [6.45, 7) is 1.55. The van der Waals surface area contributed by atoms with E-state index >= 15 is 0 Å². The number of anilines is 1. The van der Waals surface area contributed by atoms with Gasteiger partial charge in [-0.05, 0) is 61.4 Å². The van der Waals surface area contributed by atoms with Crippen LogP contribution in [0, 0.1) is 5.82 Å². The van der Waals surface area contributed by atoms with Gasteiger partial charge >= 0.3 is 0 Å². The minimum Gasteiger partial charge on any atom is -0.358 e. The molecule has 0 atom stereocenters. The topological polar surface area (TPSA) is 57.7 Å². The summed E-state index contributed by atoms with van der Waals surface area (Å²) in [7, 11) is 0. The molecule has 6 heteroatoms. The van der Waals surface area contributed by atoms with Crippen LogP contribution in [0.25, 0.3) is 33.1 Å². The fourth-order valence-electron chi connectivity index (χ4n) is 4.54. The predicted octanol–water partition coefficient (Wildman–Crippen LogP) is 5.27. The molecule has 31 heavy (non-hydrogen) atoms. The van der Waals surface area contributed by atoms with Crippen LogP contribution in [0.2, 0.25) is 0 Å². The summed E-state index contributed by atoms with van der Waals surface area (Å²) in [6, 6.07) is 14.9. The maximum Gasteiger partial charge on any atom is 0.139 e. The van der Waals surface area contributed by atoms with Crippen molar-refractivity contribution in [3.63, 3.8) is 0 Å². The van der Waals surface area contributed by atoms with Crippen molar-refractivity contribution in [3.8, 4) is 11.3 Å². The van der Waals surface area contributed by atoms with Crippen LogP contribution < -0.4 is 4.90 Å². The molecule has 0 fully saturated rings. The van der Waals surface area contributed by atoms with Crippen LogP contribution in [-0.2, 0) is 13.0 Å². The summed E-state index contributed by atoms with van der Waals surface area (Å²) in [4.78, 5) is 19.6. The maximum atomic E-state index is 14.0. The third-order valence-corrected chi connectivity index (χ3v) is 6.02. The normalized spacial score (nSPS) is 14.0. The van der Waals surface area contributed by atoms with E-state index in [1.54, 1.807) is 18.5 Å².